The molecule has 0 spiro atoms. The topological polar surface area (TPSA) is 73.2 Å². The Morgan fingerprint density at radius 1 is 0.508 bits per heavy atom. The van der Waals surface area contributed by atoms with Crippen LogP contribution in [0.25, 0.3) is 0 Å². The quantitative estimate of drug-likeness (QED) is 0.0794. The number of carbonyl (C=O) groups is 1. The van der Waals surface area contributed by atoms with Crippen molar-refractivity contribution < 1.29 is 19.7 Å². The van der Waals surface area contributed by atoms with E-state index in [9.17, 15) is 15.0 Å². The van der Waals surface area contributed by atoms with E-state index in [0.29, 0.717) is 24.4 Å². The predicted molar refractivity (Wildman–Crippen MR) is 269 cm³/mol. The largest absolute Gasteiger partial charge is 0.508 e. The van der Waals surface area contributed by atoms with Crippen LogP contribution < -0.4 is 4.74 Å². The molecule has 2 unspecified atom stereocenters. The van der Waals surface area contributed by atoms with Crippen LogP contribution in [0.15, 0.2) is 194 Å². The van der Waals surface area contributed by atoms with Crippen molar-refractivity contribution in [2.24, 2.45) is 0 Å². The molecule has 338 valence electrons. The molecule has 0 heterocycles. The van der Waals surface area contributed by atoms with Gasteiger partial charge in [-0.1, -0.05) is 170 Å². The molecule has 0 aliphatic heterocycles. The van der Waals surface area contributed by atoms with Crippen molar-refractivity contribution >= 4 is 18.4 Å². The van der Waals surface area contributed by atoms with Gasteiger partial charge in [0.05, 0.1) is 5.56 Å². The first-order valence-electron chi connectivity index (χ1n) is 22.6. The van der Waals surface area contributed by atoms with Gasteiger partial charge in [0.1, 0.15) is 18.1 Å². The lowest BCUT2D eigenvalue weighted by atomic mass is 9.86. The van der Waals surface area contributed by atoms with Crippen LogP contribution >= 0.6 is 12.4 Å². The van der Waals surface area contributed by atoms with Crippen LogP contribution in [0.1, 0.15) is 102 Å². The molecule has 0 radical (unpaired) electrons. The Morgan fingerprint density at radius 2 is 0.908 bits per heavy atom. The van der Waals surface area contributed by atoms with E-state index >= 15 is 0 Å². The van der Waals surface area contributed by atoms with Gasteiger partial charge in [-0.25, -0.2) is 4.79 Å². The Hall–Kier alpha value is -6.18. The van der Waals surface area contributed by atoms with Crippen LogP contribution in [0.2, 0.25) is 0 Å². The molecule has 65 heavy (non-hydrogen) atoms. The standard InChI is InChI=1S/C33H35NO3.C25H29NO.ClH/c1-25(2)34(23-26-12-6-3-7-13-26)21-20-30(28-16-10-5-11-17-28)31-22-29(33(35)36)18-19-32(31)37-24-27-14-8-4-9-15-27;1-20(2)26(19-21-11-5-3-6-12-21)18-17-23(22-13-7-4-8-14-22)24-15-9-10-16-25(24)27;/h3-19,22,25,30H,20-21,23-24H2,1-2H3,(H,35,36);3-16,20,23,27H,17-19H2,1-2H3;1H. The summed E-state index contributed by atoms with van der Waals surface area (Å²) in [7, 11) is 0. The number of benzene rings is 7. The van der Waals surface area contributed by atoms with E-state index in [1.165, 1.54) is 16.7 Å². The van der Waals surface area contributed by atoms with E-state index in [1.54, 1.807) is 18.2 Å². The summed E-state index contributed by atoms with van der Waals surface area (Å²) in [5, 5.41) is 20.2. The van der Waals surface area contributed by atoms with Gasteiger partial charge in [0.25, 0.3) is 0 Å². The van der Waals surface area contributed by atoms with Crippen LogP contribution in [0.5, 0.6) is 11.5 Å². The van der Waals surface area contributed by atoms with Crippen LogP contribution in [-0.2, 0) is 19.7 Å². The molecule has 0 saturated heterocycles. The number of para-hydroxylation sites is 1. The van der Waals surface area contributed by atoms with Crippen molar-refractivity contribution in [3.63, 3.8) is 0 Å². The molecule has 6 nitrogen and oxygen atoms in total. The number of phenolic OH excluding ortho intramolecular Hbond substituents is 1. The lowest BCUT2D eigenvalue weighted by Gasteiger charge is -2.29. The van der Waals surface area contributed by atoms with E-state index in [0.717, 1.165) is 67.0 Å². The normalized spacial score (nSPS) is 12.0. The second-order valence-corrected chi connectivity index (χ2v) is 17.0. The molecule has 7 heteroatoms. The fourth-order valence-electron chi connectivity index (χ4n) is 8.24. The molecule has 0 fully saturated rings. The number of carboxylic acid groups (broad SMARTS) is 1. The molecular formula is C58H65ClN2O4. The molecule has 0 amide bonds. The van der Waals surface area contributed by atoms with Crippen LogP contribution in [0.3, 0.4) is 0 Å². The van der Waals surface area contributed by atoms with E-state index in [4.69, 9.17) is 4.74 Å². The van der Waals surface area contributed by atoms with Crippen molar-refractivity contribution in [2.75, 3.05) is 13.1 Å². The van der Waals surface area contributed by atoms with Crippen molar-refractivity contribution in [2.45, 2.75) is 84.2 Å². The molecule has 0 bridgehead atoms. The Labute approximate surface area is 393 Å². The van der Waals surface area contributed by atoms with Gasteiger partial charge in [0, 0.05) is 48.1 Å². The van der Waals surface area contributed by atoms with E-state index in [1.807, 2.05) is 84.9 Å². The predicted octanol–water partition coefficient (Wildman–Crippen LogP) is 13.6. The molecule has 0 aliphatic rings. The molecule has 2 N–H and O–H groups in total. The first-order valence-corrected chi connectivity index (χ1v) is 22.6. The minimum atomic E-state index is -0.935. The van der Waals surface area contributed by atoms with E-state index < -0.39 is 5.97 Å². The zero-order valence-electron chi connectivity index (χ0n) is 38.2. The summed E-state index contributed by atoms with van der Waals surface area (Å²) < 4.78 is 6.30. The molecule has 0 aromatic heterocycles. The highest BCUT2D eigenvalue weighted by Gasteiger charge is 2.24. The van der Waals surface area contributed by atoms with E-state index in [-0.39, 0.29) is 29.8 Å². The van der Waals surface area contributed by atoms with Gasteiger partial charge in [0.2, 0.25) is 0 Å². The Bertz CT molecular complexity index is 2420. The molecule has 2 atom stereocenters. The molecule has 0 aliphatic carbocycles. The highest BCUT2D eigenvalue weighted by molar-refractivity contribution is 5.88. The summed E-state index contributed by atoms with van der Waals surface area (Å²) in [5.74, 6) is 0.343. The number of nitrogens with zero attached hydrogens (tertiary/aromatic N) is 2. The lowest BCUT2D eigenvalue weighted by molar-refractivity contribution is 0.0696. The summed E-state index contributed by atoms with van der Waals surface area (Å²) in [6.45, 7) is 13.0. The van der Waals surface area contributed by atoms with Crippen molar-refractivity contribution in [1.29, 1.82) is 0 Å². The molecule has 0 saturated carbocycles. The Kier molecular flexibility index (Phi) is 19.9. The van der Waals surface area contributed by atoms with Gasteiger partial charge in [-0.15, -0.1) is 12.4 Å². The highest BCUT2D eigenvalue weighted by Crippen LogP contribution is 2.37. The molecule has 7 aromatic rings. The van der Waals surface area contributed by atoms with Gasteiger partial charge in [-0.3, -0.25) is 9.80 Å². The summed E-state index contributed by atoms with van der Waals surface area (Å²) in [5.41, 5.74) is 8.28. The summed E-state index contributed by atoms with van der Waals surface area (Å²) >= 11 is 0. The third-order valence-corrected chi connectivity index (χ3v) is 11.9. The Balaban J connectivity index is 0.000000252. The monoisotopic (exact) mass is 888 g/mol. The smallest absolute Gasteiger partial charge is 0.335 e. The average molecular weight is 890 g/mol. The van der Waals surface area contributed by atoms with Crippen molar-refractivity contribution in [3.8, 4) is 11.5 Å². The lowest BCUT2D eigenvalue weighted by Crippen LogP contribution is -2.32. The number of aromatic carboxylic acids is 1. The summed E-state index contributed by atoms with van der Waals surface area (Å²) in [6, 6.07) is 65.8. The second kappa shape index (κ2) is 25.9. The number of carboxylic acids is 1. The third-order valence-electron chi connectivity index (χ3n) is 11.9. The van der Waals surface area contributed by atoms with Gasteiger partial charge >= 0.3 is 5.97 Å². The SMILES string of the molecule is CC(C)N(CCC(c1ccccc1)c1cc(C(=O)O)ccc1OCc1ccccc1)Cc1ccccc1.CC(C)N(CCC(c1ccccc1)c1ccccc1O)Cc1ccccc1.Cl. The number of aromatic hydroxyl groups is 1. The number of rotatable bonds is 20. The third kappa shape index (κ3) is 15.2. The van der Waals surface area contributed by atoms with Gasteiger partial charge in [-0.2, -0.15) is 0 Å². The maximum absolute atomic E-state index is 11.9. The number of halogens is 1. The van der Waals surface area contributed by atoms with Crippen LogP contribution in [0.4, 0.5) is 0 Å². The van der Waals surface area contributed by atoms with Crippen LogP contribution in [0, 0.1) is 0 Å². The number of phenols is 1. The first kappa shape index (κ1) is 49.8. The second-order valence-electron chi connectivity index (χ2n) is 17.0. The Morgan fingerprint density at radius 3 is 1.34 bits per heavy atom. The fourth-order valence-corrected chi connectivity index (χ4v) is 8.24. The zero-order valence-corrected chi connectivity index (χ0v) is 39.1. The minimum Gasteiger partial charge on any atom is -0.508 e. The maximum Gasteiger partial charge on any atom is 0.335 e. The van der Waals surface area contributed by atoms with Crippen LogP contribution in [-0.4, -0.2) is 51.2 Å². The average Bonchev–Trinajstić information content (AvgIpc) is 3.32. The van der Waals surface area contributed by atoms with Gasteiger partial charge in [-0.05, 0) is 106 Å². The van der Waals surface area contributed by atoms with Gasteiger partial charge in [0.15, 0.2) is 0 Å². The number of hydrogen-bond donors (Lipinski definition) is 2. The van der Waals surface area contributed by atoms with Crippen molar-refractivity contribution in [3.05, 3.63) is 239 Å². The minimum absolute atomic E-state index is 0. The molecular weight excluding hydrogens is 824 g/mol. The molecule has 7 rings (SSSR count). The van der Waals surface area contributed by atoms with E-state index in [2.05, 4.69) is 128 Å². The number of ether oxygens (including phenoxy) is 1. The van der Waals surface area contributed by atoms with Crippen molar-refractivity contribution in [1.82, 2.24) is 9.80 Å². The zero-order chi connectivity index (χ0) is 45.1. The maximum atomic E-state index is 11.9. The highest BCUT2D eigenvalue weighted by atomic mass is 35.5. The van der Waals surface area contributed by atoms with Gasteiger partial charge < -0.3 is 14.9 Å². The molecule has 7 aromatic carbocycles. The first-order chi connectivity index (χ1) is 31.2. The number of hydrogen-bond acceptors (Lipinski definition) is 5. The summed E-state index contributed by atoms with van der Waals surface area (Å²) in [6.07, 6.45) is 1.80. The fraction of sp³-hybridized carbons (Fsp3) is 0.259. The summed E-state index contributed by atoms with van der Waals surface area (Å²) in [4.78, 5) is 16.9.